The molecule has 2 atom stereocenters. The summed E-state index contributed by atoms with van der Waals surface area (Å²) in [5, 5.41) is 0. The molecule has 1 aromatic carbocycles. The van der Waals surface area contributed by atoms with E-state index < -0.39 is 0 Å². The van der Waals surface area contributed by atoms with Crippen LogP contribution in [0.1, 0.15) is 31.0 Å². The van der Waals surface area contributed by atoms with E-state index in [1.54, 1.807) is 13.1 Å². The highest BCUT2D eigenvalue weighted by Gasteiger charge is 2.24. The molecule has 0 fully saturated rings. The van der Waals surface area contributed by atoms with Crippen LogP contribution in [0.4, 0.5) is 4.79 Å². The minimum absolute atomic E-state index is 0. The molecule has 0 aromatic heterocycles. The number of ether oxygens (including phenoxy) is 2. The fourth-order valence-electron chi connectivity index (χ4n) is 1.96. The number of amides is 1. The first-order chi connectivity index (χ1) is 9.02. The number of hydrogen-bond acceptors (Lipinski definition) is 4. The second-order valence-electron chi connectivity index (χ2n) is 4.78. The van der Waals surface area contributed by atoms with Gasteiger partial charge in [-0.2, -0.15) is 0 Å². The Morgan fingerprint density at radius 2 is 2.25 bits per heavy atom. The lowest BCUT2D eigenvalue weighted by molar-refractivity contribution is 0.0213. The molecule has 2 rings (SSSR count). The van der Waals surface area contributed by atoms with Crippen LogP contribution in [0.3, 0.4) is 0 Å². The van der Waals surface area contributed by atoms with Gasteiger partial charge >= 0.3 is 6.09 Å². The summed E-state index contributed by atoms with van der Waals surface area (Å²) in [6.45, 7) is 4.99. The maximum Gasteiger partial charge on any atom is 0.414 e. The van der Waals surface area contributed by atoms with Gasteiger partial charge in [0.1, 0.15) is 5.75 Å². The number of carbonyl (C=O) groups is 1. The van der Waals surface area contributed by atoms with E-state index in [1.165, 1.54) is 4.90 Å². The summed E-state index contributed by atoms with van der Waals surface area (Å²) in [6.07, 6.45) is -0.395. The molecule has 0 saturated carbocycles. The van der Waals surface area contributed by atoms with Gasteiger partial charge in [-0.3, -0.25) is 0 Å². The highest BCUT2D eigenvalue weighted by molar-refractivity contribution is 5.85. The lowest BCUT2D eigenvalue weighted by Gasteiger charge is -2.29. The molecule has 1 heterocycles. The van der Waals surface area contributed by atoms with Gasteiger partial charge in [-0.05, 0) is 37.1 Å². The van der Waals surface area contributed by atoms with Gasteiger partial charge in [0.25, 0.3) is 0 Å². The van der Waals surface area contributed by atoms with E-state index in [0.717, 1.165) is 11.1 Å². The summed E-state index contributed by atoms with van der Waals surface area (Å²) in [6, 6.07) is 5.31. The van der Waals surface area contributed by atoms with Crippen LogP contribution in [0.25, 0.3) is 0 Å². The highest BCUT2D eigenvalue weighted by atomic mass is 35.5. The molecule has 1 aliphatic rings. The number of nitrogens with two attached hydrogens (primary N) is 1. The van der Waals surface area contributed by atoms with Crippen molar-refractivity contribution in [1.29, 1.82) is 0 Å². The minimum atomic E-state index is -0.365. The Labute approximate surface area is 125 Å². The van der Waals surface area contributed by atoms with E-state index in [-0.39, 0.29) is 30.6 Å². The Balaban J connectivity index is 0.00000200. The van der Waals surface area contributed by atoms with E-state index in [4.69, 9.17) is 15.2 Å². The summed E-state index contributed by atoms with van der Waals surface area (Å²) in [5.74, 6) is 0.522. The normalized spacial score (nSPS) is 20.6. The predicted octanol–water partition coefficient (Wildman–Crippen LogP) is 2.48. The van der Waals surface area contributed by atoms with Crippen molar-refractivity contribution in [3.63, 3.8) is 0 Å². The molecule has 0 saturated heterocycles. The van der Waals surface area contributed by atoms with Crippen LogP contribution in [-0.2, 0) is 11.3 Å². The van der Waals surface area contributed by atoms with Crippen molar-refractivity contribution in [3.05, 3.63) is 29.3 Å². The Hall–Kier alpha value is -1.30. The van der Waals surface area contributed by atoms with Crippen molar-refractivity contribution >= 4 is 18.5 Å². The van der Waals surface area contributed by atoms with Gasteiger partial charge in [-0.15, -0.1) is 12.4 Å². The van der Waals surface area contributed by atoms with Crippen LogP contribution in [0, 0.1) is 0 Å². The van der Waals surface area contributed by atoms with Crippen LogP contribution >= 0.6 is 12.4 Å². The SMILES string of the molecule is CCN(C)C(=O)Oc1ccc2c(c1)[C@H](N)[C@H](C)OC2.Cl. The number of rotatable bonds is 2. The molecule has 6 heteroatoms. The van der Waals surface area contributed by atoms with Crippen LogP contribution in [0.2, 0.25) is 0 Å². The maximum atomic E-state index is 11.7. The van der Waals surface area contributed by atoms with Gasteiger partial charge in [-0.1, -0.05) is 6.07 Å². The Bertz CT molecular complexity index is 481. The van der Waals surface area contributed by atoms with E-state index in [1.807, 2.05) is 26.0 Å². The first-order valence-electron chi connectivity index (χ1n) is 6.46. The number of carbonyl (C=O) groups excluding carboxylic acids is 1. The molecule has 112 valence electrons. The Morgan fingerprint density at radius 1 is 1.55 bits per heavy atom. The predicted molar refractivity (Wildman–Crippen MR) is 79.2 cm³/mol. The van der Waals surface area contributed by atoms with Gasteiger partial charge < -0.3 is 20.1 Å². The zero-order chi connectivity index (χ0) is 14.0. The van der Waals surface area contributed by atoms with E-state index in [0.29, 0.717) is 18.9 Å². The summed E-state index contributed by atoms with van der Waals surface area (Å²) >= 11 is 0. The van der Waals surface area contributed by atoms with Crippen molar-refractivity contribution in [2.75, 3.05) is 13.6 Å². The second kappa shape index (κ2) is 6.92. The standard InChI is InChI=1S/C14H20N2O3.ClH/c1-4-16(3)14(17)19-11-6-5-10-8-18-9(2)13(15)12(10)7-11;/h5-7,9,13H,4,8,15H2,1-3H3;1H/t9-,13+;/m0./s1. The molecule has 0 aliphatic carbocycles. The Kier molecular flexibility index (Phi) is 5.80. The molecule has 0 radical (unpaired) electrons. The van der Waals surface area contributed by atoms with E-state index in [9.17, 15) is 4.79 Å². The zero-order valence-corrected chi connectivity index (χ0v) is 12.8. The van der Waals surface area contributed by atoms with E-state index in [2.05, 4.69) is 0 Å². The molecule has 1 aliphatic heterocycles. The molecule has 2 N–H and O–H groups in total. The number of halogens is 1. The lowest BCUT2D eigenvalue weighted by atomic mass is 9.95. The van der Waals surface area contributed by atoms with Gasteiger partial charge in [0.15, 0.2) is 0 Å². The molecule has 0 bridgehead atoms. The molecule has 1 aromatic rings. The van der Waals surface area contributed by atoms with Crippen LogP contribution in [-0.4, -0.2) is 30.7 Å². The molecule has 0 unspecified atom stereocenters. The topological polar surface area (TPSA) is 64.8 Å². The van der Waals surface area contributed by atoms with Crippen molar-refractivity contribution in [3.8, 4) is 5.75 Å². The summed E-state index contributed by atoms with van der Waals surface area (Å²) in [5.41, 5.74) is 8.14. The van der Waals surface area contributed by atoms with Crippen LogP contribution in [0.5, 0.6) is 5.75 Å². The van der Waals surface area contributed by atoms with Crippen molar-refractivity contribution in [1.82, 2.24) is 4.90 Å². The maximum absolute atomic E-state index is 11.7. The van der Waals surface area contributed by atoms with Crippen molar-refractivity contribution in [2.45, 2.75) is 32.6 Å². The molecule has 20 heavy (non-hydrogen) atoms. The number of hydrogen-bond donors (Lipinski definition) is 1. The number of fused-ring (bicyclic) bond motifs is 1. The monoisotopic (exact) mass is 300 g/mol. The Morgan fingerprint density at radius 3 is 2.90 bits per heavy atom. The van der Waals surface area contributed by atoms with Crippen LogP contribution < -0.4 is 10.5 Å². The summed E-state index contributed by atoms with van der Waals surface area (Å²) < 4.78 is 10.9. The smallest absolute Gasteiger partial charge is 0.410 e. The fourth-order valence-corrected chi connectivity index (χ4v) is 1.96. The first-order valence-corrected chi connectivity index (χ1v) is 6.46. The van der Waals surface area contributed by atoms with Gasteiger partial charge in [0.05, 0.1) is 18.8 Å². The molecule has 5 nitrogen and oxygen atoms in total. The van der Waals surface area contributed by atoms with Gasteiger partial charge in [-0.25, -0.2) is 4.79 Å². The average Bonchev–Trinajstić information content (AvgIpc) is 2.42. The van der Waals surface area contributed by atoms with Crippen LogP contribution in [0.15, 0.2) is 18.2 Å². The van der Waals surface area contributed by atoms with Crippen molar-refractivity contribution < 1.29 is 14.3 Å². The third-order valence-corrected chi connectivity index (χ3v) is 3.48. The summed E-state index contributed by atoms with van der Waals surface area (Å²) in [7, 11) is 1.70. The molecule has 0 spiro atoms. The third kappa shape index (κ3) is 3.42. The minimum Gasteiger partial charge on any atom is -0.410 e. The van der Waals surface area contributed by atoms with Gasteiger partial charge in [0, 0.05) is 13.6 Å². The third-order valence-electron chi connectivity index (χ3n) is 3.48. The summed E-state index contributed by atoms with van der Waals surface area (Å²) in [4.78, 5) is 13.2. The lowest BCUT2D eigenvalue weighted by Crippen LogP contribution is -2.32. The first kappa shape index (κ1) is 16.8. The zero-order valence-electron chi connectivity index (χ0n) is 12.0. The fraction of sp³-hybridized carbons (Fsp3) is 0.500. The van der Waals surface area contributed by atoms with E-state index >= 15 is 0 Å². The quantitative estimate of drug-likeness (QED) is 0.911. The number of nitrogens with zero attached hydrogens (tertiary/aromatic N) is 1. The largest absolute Gasteiger partial charge is 0.414 e. The molecular formula is C14H21ClN2O3. The van der Waals surface area contributed by atoms with Crippen molar-refractivity contribution in [2.24, 2.45) is 5.73 Å². The molecule has 1 amide bonds. The average molecular weight is 301 g/mol. The highest BCUT2D eigenvalue weighted by Crippen LogP contribution is 2.30. The number of benzene rings is 1. The second-order valence-corrected chi connectivity index (χ2v) is 4.78. The van der Waals surface area contributed by atoms with Gasteiger partial charge in [0.2, 0.25) is 0 Å². The molecular weight excluding hydrogens is 280 g/mol.